The van der Waals surface area contributed by atoms with Gasteiger partial charge in [0, 0.05) is 11.1 Å². The average Bonchev–Trinajstić information content (AvgIpc) is 2.80. The molecule has 1 unspecified atom stereocenters. The smallest absolute Gasteiger partial charge is 0.238 e. The Balaban J connectivity index is 1.94. The Bertz CT molecular complexity index is 467. The maximum Gasteiger partial charge on any atom is 0.238 e. The van der Waals surface area contributed by atoms with Crippen molar-refractivity contribution in [2.75, 3.05) is 30.7 Å². The zero-order chi connectivity index (χ0) is 13.8. The molecule has 104 valence electrons. The van der Waals surface area contributed by atoms with Gasteiger partial charge < -0.3 is 16.2 Å². The number of rotatable bonds is 4. The van der Waals surface area contributed by atoms with Crippen LogP contribution in [-0.2, 0) is 4.79 Å². The summed E-state index contributed by atoms with van der Waals surface area (Å²) in [7, 11) is 0. The molecule has 1 aromatic rings. The van der Waals surface area contributed by atoms with E-state index < -0.39 is 0 Å². The third kappa shape index (κ3) is 3.59. The highest BCUT2D eigenvalue weighted by atomic mass is 35.5. The number of carbonyl (C=O) groups excluding carboxylic acids is 1. The van der Waals surface area contributed by atoms with Crippen LogP contribution in [0.15, 0.2) is 18.2 Å². The molecule has 19 heavy (non-hydrogen) atoms. The number of hydrogen-bond acceptors (Lipinski definition) is 4. The summed E-state index contributed by atoms with van der Waals surface area (Å²) >= 11 is 5.80. The lowest BCUT2D eigenvalue weighted by molar-refractivity contribution is -0.117. The largest absolute Gasteiger partial charge is 0.397 e. The standard InChI is InChI=1S/C13H18ClN3O2/c14-9-3-4-12(11(15)6-9)16-13(19)7-17-5-1-2-10(17)8-18/h3-4,6,10,18H,1-2,5,7-8,15H2,(H,16,19). The second kappa shape index (κ2) is 6.23. The maximum absolute atomic E-state index is 11.9. The number of nitrogens with one attached hydrogen (secondary N) is 1. The van der Waals surface area contributed by atoms with Crippen LogP contribution in [0.5, 0.6) is 0 Å². The van der Waals surface area contributed by atoms with Crippen molar-refractivity contribution < 1.29 is 9.90 Å². The molecule has 1 fully saturated rings. The molecule has 6 heteroatoms. The monoisotopic (exact) mass is 283 g/mol. The summed E-state index contributed by atoms with van der Waals surface area (Å²) in [4.78, 5) is 13.9. The average molecular weight is 284 g/mol. The van der Waals surface area contributed by atoms with E-state index in [1.807, 2.05) is 4.90 Å². The SMILES string of the molecule is Nc1cc(Cl)ccc1NC(=O)CN1CCCC1CO. The van der Waals surface area contributed by atoms with Crippen LogP contribution in [0.3, 0.4) is 0 Å². The second-order valence-electron chi connectivity index (χ2n) is 4.73. The number of amides is 1. The Labute approximate surface area is 117 Å². The van der Waals surface area contributed by atoms with Crippen molar-refractivity contribution in [3.05, 3.63) is 23.2 Å². The van der Waals surface area contributed by atoms with Gasteiger partial charge in [0.15, 0.2) is 0 Å². The van der Waals surface area contributed by atoms with Gasteiger partial charge >= 0.3 is 0 Å². The Hall–Kier alpha value is -1.30. The van der Waals surface area contributed by atoms with Crippen LogP contribution in [0, 0.1) is 0 Å². The highest BCUT2D eigenvalue weighted by Gasteiger charge is 2.25. The molecule has 1 atom stereocenters. The van der Waals surface area contributed by atoms with Crippen molar-refractivity contribution in [2.45, 2.75) is 18.9 Å². The molecule has 1 aromatic carbocycles. The van der Waals surface area contributed by atoms with Crippen LogP contribution in [-0.4, -0.2) is 41.7 Å². The van der Waals surface area contributed by atoms with Gasteiger partial charge in [-0.3, -0.25) is 9.69 Å². The van der Waals surface area contributed by atoms with E-state index in [4.69, 9.17) is 17.3 Å². The van der Waals surface area contributed by atoms with E-state index in [0.717, 1.165) is 19.4 Å². The van der Waals surface area contributed by atoms with E-state index in [1.165, 1.54) is 0 Å². The molecule has 0 saturated carbocycles. The van der Waals surface area contributed by atoms with Gasteiger partial charge in [-0.25, -0.2) is 0 Å². The van der Waals surface area contributed by atoms with E-state index in [9.17, 15) is 9.90 Å². The number of carbonyl (C=O) groups is 1. The summed E-state index contributed by atoms with van der Waals surface area (Å²) < 4.78 is 0. The number of aliphatic hydroxyl groups is 1. The molecular weight excluding hydrogens is 266 g/mol. The van der Waals surface area contributed by atoms with Crippen molar-refractivity contribution in [1.82, 2.24) is 4.90 Å². The van der Waals surface area contributed by atoms with Crippen LogP contribution in [0.25, 0.3) is 0 Å². The summed E-state index contributed by atoms with van der Waals surface area (Å²) in [5.74, 6) is -0.130. The molecule has 1 aliphatic rings. The normalized spacial score (nSPS) is 19.6. The van der Waals surface area contributed by atoms with E-state index in [-0.39, 0.29) is 25.1 Å². The first-order valence-electron chi connectivity index (χ1n) is 6.30. The molecule has 1 saturated heterocycles. The Kier molecular flexibility index (Phi) is 4.63. The summed E-state index contributed by atoms with van der Waals surface area (Å²) in [5.41, 5.74) is 6.79. The molecule has 1 heterocycles. The van der Waals surface area contributed by atoms with Gasteiger partial charge in [0.1, 0.15) is 0 Å². The number of nitrogen functional groups attached to an aromatic ring is 1. The van der Waals surface area contributed by atoms with Gasteiger partial charge in [-0.15, -0.1) is 0 Å². The molecule has 4 N–H and O–H groups in total. The molecule has 5 nitrogen and oxygen atoms in total. The fourth-order valence-corrected chi connectivity index (χ4v) is 2.51. The molecule has 2 rings (SSSR count). The summed E-state index contributed by atoms with van der Waals surface area (Å²) in [6.07, 6.45) is 1.95. The van der Waals surface area contributed by atoms with Gasteiger partial charge in [-0.2, -0.15) is 0 Å². The number of anilines is 2. The van der Waals surface area contributed by atoms with Crippen molar-refractivity contribution in [3.8, 4) is 0 Å². The fourth-order valence-electron chi connectivity index (χ4n) is 2.33. The lowest BCUT2D eigenvalue weighted by Gasteiger charge is -2.22. The predicted molar refractivity (Wildman–Crippen MR) is 76.2 cm³/mol. The Morgan fingerprint density at radius 2 is 2.37 bits per heavy atom. The minimum absolute atomic E-state index is 0.0910. The lowest BCUT2D eigenvalue weighted by Crippen LogP contribution is -2.38. The summed E-state index contributed by atoms with van der Waals surface area (Å²) in [6, 6.07) is 5.06. The first kappa shape index (κ1) is 14.1. The van der Waals surface area contributed by atoms with Crippen molar-refractivity contribution in [2.24, 2.45) is 0 Å². The summed E-state index contributed by atoms with van der Waals surface area (Å²) in [6.45, 7) is 1.21. The zero-order valence-corrected chi connectivity index (χ0v) is 11.4. The lowest BCUT2D eigenvalue weighted by atomic mass is 10.2. The number of nitrogens with zero attached hydrogens (tertiary/aromatic N) is 1. The molecule has 0 radical (unpaired) electrons. The van der Waals surface area contributed by atoms with E-state index >= 15 is 0 Å². The van der Waals surface area contributed by atoms with Crippen molar-refractivity contribution in [1.29, 1.82) is 0 Å². The number of benzene rings is 1. The minimum Gasteiger partial charge on any atom is -0.397 e. The predicted octanol–water partition coefficient (Wildman–Crippen LogP) is 1.32. The molecule has 0 spiro atoms. The molecule has 0 aliphatic carbocycles. The van der Waals surface area contributed by atoms with Gasteiger partial charge in [-0.05, 0) is 37.6 Å². The fraction of sp³-hybridized carbons (Fsp3) is 0.462. The van der Waals surface area contributed by atoms with Crippen LogP contribution >= 0.6 is 11.6 Å². The Morgan fingerprint density at radius 3 is 3.05 bits per heavy atom. The third-order valence-electron chi connectivity index (χ3n) is 3.34. The van der Waals surface area contributed by atoms with Gasteiger partial charge in [0.25, 0.3) is 0 Å². The number of aliphatic hydroxyl groups excluding tert-OH is 1. The summed E-state index contributed by atoms with van der Waals surface area (Å²) in [5, 5.41) is 12.5. The molecule has 0 aromatic heterocycles. The van der Waals surface area contributed by atoms with Gasteiger partial charge in [0.05, 0.1) is 24.5 Å². The number of hydrogen-bond donors (Lipinski definition) is 3. The molecular formula is C13H18ClN3O2. The molecule has 1 amide bonds. The van der Waals surface area contributed by atoms with Gasteiger partial charge in [0.2, 0.25) is 5.91 Å². The first-order chi connectivity index (χ1) is 9.10. The first-order valence-corrected chi connectivity index (χ1v) is 6.67. The highest BCUT2D eigenvalue weighted by molar-refractivity contribution is 6.31. The zero-order valence-electron chi connectivity index (χ0n) is 10.6. The molecule has 1 aliphatic heterocycles. The quantitative estimate of drug-likeness (QED) is 0.728. The highest BCUT2D eigenvalue weighted by Crippen LogP contribution is 2.23. The maximum atomic E-state index is 11.9. The van der Waals surface area contributed by atoms with Crippen LogP contribution in [0.4, 0.5) is 11.4 Å². The number of likely N-dealkylation sites (tertiary alicyclic amines) is 1. The van der Waals surface area contributed by atoms with E-state index in [2.05, 4.69) is 5.32 Å². The Morgan fingerprint density at radius 1 is 1.58 bits per heavy atom. The second-order valence-corrected chi connectivity index (χ2v) is 5.17. The third-order valence-corrected chi connectivity index (χ3v) is 3.58. The number of halogens is 1. The topological polar surface area (TPSA) is 78.6 Å². The minimum atomic E-state index is -0.130. The molecule has 0 bridgehead atoms. The van der Waals surface area contributed by atoms with Gasteiger partial charge in [-0.1, -0.05) is 11.6 Å². The van der Waals surface area contributed by atoms with Crippen molar-refractivity contribution >= 4 is 28.9 Å². The van der Waals surface area contributed by atoms with Crippen LogP contribution in [0.2, 0.25) is 5.02 Å². The van der Waals surface area contributed by atoms with E-state index in [1.54, 1.807) is 18.2 Å². The van der Waals surface area contributed by atoms with Crippen molar-refractivity contribution in [3.63, 3.8) is 0 Å². The number of nitrogens with two attached hydrogens (primary N) is 1. The van der Waals surface area contributed by atoms with Crippen LogP contribution in [0.1, 0.15) is 12.8 Å². The van der Waals surface area contributed by atoms with Crippen LogP contribution < -0.4 is 11.1 Å². The van der Waals surface area contributed by atoms with E-state index in [0.29, 0.717) is 16.4 Å².